The average Bonchev–Trinajstić information content (AvgIpc) is 3.17. The van der Waals surface area contributed by atoms with E-state index in [-0.39, 0.29) is 5.41 Å². The molecule has 0 bridgehead atoms. The van der Waals surface area contributed by atoms with Crippen LogP contribution in [0.1, 0.15) is 24.1 Å². The molecule has 4 rings (SSSR count). The Balaban J connectivity index is 1.84. The third-order valence-electron chi connectivity index (χ3n) is 4.30. The molecule has 1 aliphatic carbocycles. The summed E-state index contributed by atoms with van der Waals surface area (Å²) in [6, 6.07) is 4.00. The van der Waals surface area contributed by atoms with E-state index in [0.29, 0.717) is 5.15 Å². The Kier molecular flexibility index (Phi) is 2.91. The summed E-state index contributed by atoms with van der Waals surface area (Å²) in [7, 11) is 0. The minimum atomic E-state index is 0.269. The molecule has 0 radical (unpaired) electrons. The van der Waals surface area contributed by atoms with E-state index < -0.39 is 0 Å². The van der Waals surface area contributed by atoms with Crippen LogP contribution in [-0.4, -0.2) is 27.8 Å². The zero-order chi connectivity index (χ0) is 14.6. The Labute approximate surface area is 133 Å². The van der Waals surface area contributed by atoms with Gasteiger partial charge in [-0.25, -0.2) is 15.0 Å². The number of thioether (sulfide) groups is 1. The van der Waals surface area contributed by atoms with Crippen molar-refractivity contribution >= 4 is 34.9 Å². The lowest BCUT2D eigenvalue weighted by molar-refractivity contribution is 0.733. The molecule has 2 aliphatic rings. The second kappa shape index (κ2) is 4.58. The van der Waals surface area contributed by atoms with Gasteiger partial charge in [-0.15, -0.1) is 0 Å². The number of pyridine rings is 1. The topological polar surface area (TPSA) is 41.9 Å². The molecule has 2 aromatic rings. The van der Waals surface area contributed by atoms with Crippen LogP contribution in [0.25, 0.3) is 0 Å². The number of rotatable bonds is 2. The van der Waals surface area contributed by atoms with Crippen molar-refractivity contribution in [1.82, 2.24) is 15.0 Å². The third kappa shape index (κ3) is 2.10. The van der Waals surface area contributed by atoms with E-state index in [9.17, 15) is 0 Å². The van der Waals surface area contributed by atoms with E-state index >= 15 is 0 Å². The molecular weight excluding hydrogens is 304 g/mol. The predicted molar refractivity (Wildman–Crippen MR) is 85.7 cm³/mol. The minimum absolute atomic E-state index is 0.269. The molecule has 1 saturated carbocycles. The van der Waals surface area contributed by atoms with Gasteiger partial charge in [0.2, 0.25) is 0 Å². The van der Waals surface area contributed by atoms with Crippen LogP contribution in [-0.2, 0) is 5.41 Å². The summed E-state index contributed by atoms with van der Waals surface area (Å²) in [5.74, 6) is 0.958. The van der Waals surface area contributed by atoms with Crippen molar-refractivity contribution in [3.05, 3.63) is 34.7 Å². The van der Waals surface area contributed by atoms with Crippen LogP contribution in [0, 0.1) is 6.92 Å². The van der Waals surface area contributed by atoms with Crippen molar-refractivity contribution in [1.29, 1.82) is 0 Å². The van der Waals surface area contributed by atoms with Crippen LogP contribution in [0.3, 0.4) is 0 Å². The van der Waals surface area contributed by atoms with Crippen molar-refractivity contribution in [2.24, 2.45) is 0 Å². The molecule has 4 nitrogen and oxygen atoms in total. The number of fused-ring (bicyclic) bond motifs is 2. The van der Waals surface area contributed by atoms with Crippen molar-refractivity contribution in [2.75, 3.05) is 17.7 Å². The summed E-state index contributed by atoms with van der Waals surface area (Å²) in [5, 5.41) is 1.34. The molecule has 21 heavy (non-hydrogen) atoms. The molecule has 108 valence electrons. The second-order valence-electron chi connectivity index (χ2n) is 5.74. The number of halogens is 1. The lowest BCUT2D eigenvalue weighted by atomic mass is 10.0. The highest BCUT2D eigenvalue weighted by Gasteiger charge is 2.52. The quantitative estimate of drug-likeness (QED) is 0.479. The molecule has 0 aromatic carbocycles. The summed E-state index contributed by atoms with van der Waals surface area (Å²) < 4.78 is 0. The molecule has 1 aliphatic heterocycles. The highest BCUT2D eigenvalue weighted by Crippen LogP contribution is 2.57. The van der Waals surface area contributed by atoms with Gasteiger partial charge < -0.3 is 4.90 Å². The van der Waals surface area contributed by atoms with Crippen LogP contribution < -0.4 is 4.90 Å². The van der Waals surface area contributed by atoms with Gasteiger partial charge in [-0.05, 0) is 32.1 Å². The lowest BCUT2D eigenvalue weighted by Gasteiger charge is -2.19. The molecule has 2 aromatic heterocycles. The van der Waals surface area contributed by atoms with Crippen molar-refractivity contribution < 1.29 is 0 Å². The number of anilines is 2. The molecule has 0 saturated heterocycles. The second-order valence-corrected chi connectivity index (χ2v) is 6.91. The van der Waals surface area contributed by atoms with Crippen LogP contribution in [0.4, 0.5) is 11.5 Å². The largest absolute Gasteiger partial charge is 0.325 e. The first-order chi connectivity index (χ1) is 10.1. The summed E-state index contributed by atoms with van der Waals surface area (Å²) in [6.07, 6.45) is 6.38. The first-order valence-corrected chi connectivity index (χ1v) is 8.55. The zero-order valence-electron chi connectivity index (χ0n) is 11.9. The third-order valence-corrected chi connectivity index (χ3v) is 5.06. The van der Waals surface area contributed by atoms with Gasteiger partial charge in [-0.2, -0.15) is 0 Å². The molecular formula is C15H15ClN4S. The number of hydrogen-bond acceptors (Lipinski definition) is 5. The van der Waals surface area contributed by atoms with E-state index in [2.05, 4.69) is 19.9 Å². The van der Waals surface area contributed by atoms with Gasteiger partial charge in [-0.1, -0.05) is 23.4 Å². The maximum absolute atomic E-state index is 6.10. The molecule has 0 atom stereocenters. The average molecular weight is 319 g/mol. The van der Waals surface area contributed by atoms with Crippen LogP contribution in [0.5, 0.6) is 0 Å². The summed E-state index contributed by atoms with van der Waals surface area (Å²) in [6.45, 7) is 2.98. The Hall–Kier alpha value is -1.33. The maximum atomic E-state index is 6.10. The van der Waals surface area contributed by atoms with E-state index in [1.807, 2.05) is 31.5 Å². The van der Waals surface area contributed by atoms with Gasteiger partial charge in [-0.3, -0.25) is 0 Å². The minimum Gasteiger partial charge on any atom is -0.325 e. The smallest absolute Gasteiger partial charge is 0.189 e. The Morgan fingerprint density at radius 2 is 2.10 bits per heavy atom. The Morgan fingerprint density at radius 1 is 1.29 bits per heavy atom. The number of aryl methyl sites for hydroxylation is 1. The molecule has 0 unspecified atom stereocenters. The van der Waals surface area contributed by atoms with Gasteiger partial charge in [0.15, 0.2) is 5.16 Å². The van der Waals surface area contributed by atoms with Gasteiger partial charge in [0, 0.05) is 35.5 Å². The normalized spacial score (nSPS) is 18.1. The summed E-state index contributed by atoms with van der Waals surface area (Å²) in [4.78, 5) is 15.6. The molecule has 6 heteroatoms. The summed E-state index contributed by atoms with van der Waals surface area (Å²) >= 11 is 7.67. The highest BCUT2D eigenvalue weighted by atomic mass is 35.5. The van der Waals surface area contributed by atoms with Gasteiger partial charge >= 0.3 is 0 Å². The first-order valence-electron chi connectivity index (χ1n) is 6.95. The van der Waals surface area contributed by atoms with Gasteiger partial charge in [0.25, 0.3) is 0 Å². The molecule has 1 fully saturated rings. The predicted octanol–water partition coefficient (Wildman–Crippen LogP) is 3.74. The Bertz CT molecular complexity index is 730. The van der Waals surface area contributed by atoms with E-state index in [0.717, 1.165) is 28.9 Å². The van der Waals surface area contributed by atoms with E-state index in [1.54, 1.807) is 11.8 Å². The SMILES string of the molecule is CSc1nc(C)cc(N2CC3(CC3)c3cnc(Cl)cc32)n1. The molecule has 0 amide bonds. The summed E-state index contributed by atoms with van der Waals surface area (Å²) in [5.41, 5.74) is 3.72. The lowest BCUT2D eigenvalue weighted by Crippen LogP contribution is -2.20. The van der Waals surface area contributed by atoms with Gasteiger partial charge in [0.1, 0.15) is 11.0 Å². The Morgan fingerprint density at radius 3 is 2.81 bits per heavy atom. The molecule has 3 heterocycles. The zero-order valence-corrected chi connectivity index (χ0v) is 13.5. The van der Waals surface area contributed by atoms with Crippen molar-refractivity contribution in [3.8, 4) is 0 Å². The van der Waals surface area contributed by atoms with Crippen LogP contribution in [0.15, 0.2) is 23.5 Å². The van der Waals surface area contributed by atoms with Crippen LogP contribution >= 0.6 is 23.4 Å². The van der Waals surface area contributed by atoms with E-state index in [1.165, 1.54) is 18.4 Å². The fourth-order valence-electron chi connectivity index (χ4n) is 3.06. The van der Waals surface area contributed by atoms with Gasteiger partial charge in [0.05, 0.1) is 5.69 Å². The fourth-order valence-corrected chi connectivity index (χ4v) is 3.63. The van der Waals surface area contributed by atoms with Crippen molar-refractivity contribution in [3.63, 3.8) is 0 Å². The molecule has 1 spiro atoms. The monoisotopic (exact) mass is 318 g/mol. The number of aromatic nitrogens is 3. The standard InChI is InChI=1S/C15H15ClN4S/c1-9-5-13(19-14(18-9)21-2)20-8-15(3-4-15)10-7-17-12(16)6-11(10)20/h5-7H,3-4,8H2,1-2H3. The number of hydrogen-bond donors (Lipinski definition) is 0. The first kappa shape index (κ1) is 13.3. The molecule has 0 N–H and O–H groups in total. The van der Waals surface area contributed by atoms with Crippen LogP contribution in [0.2, 0.25) is 5.15 Å². The van der Waals surface area contributed by atoms with E-state index in [4.69, 9.17) is 11.6 Å². The fraction of sp³-hybridized carbons (Fsp3) is 0.400. The number of nitrogens with zero attached hydrogens (tertiary/aromatic N) is 4. The highest BCUT2D eigenvalue weighted by molar-refractivity contribution is 7.98. The van der Waals surface area contributed by atoms with Crippen molar-refractivity contribution in [2.45, 2.75) is 30.3 Å². The maximum Gasteiger partial charge on any atom is 0.189 e.